The summed E-state index contributed by atoms with van der Waals surface area (Å²) < 4.78 is 0. The minimum Gasteiger partial charge on any atom is -0.352 e. The molecule has 0 aliphatic rings. The molecule has 1 aromatic carbocycles. The Morgan fingerprint density at radius 2 is 2.10 bits per heavy atom. The van der Waals surface area contributed by atoms with Crippen LogP contribution in [0.5, 0.6) is 0 Å². The molecule has 0 heterocycles. The van der Waals surface area contributed by atoms with Gasteiger partial charge >= 0.3 is 0 Å². The highest BCUT2D eigenvalue weighted by Gasteiger charge is 2.15. The summed E-state index contributed by atoms with van der Waals surface area (Å²) in [5.41, 5.74) is 0.296. The SMILES string of the molecule is CC(C)(C)[NH2+]CCCNC(=O)c1ccc([N+](=O)[O-])cc1Cl. The molecule has 1 amide bonds. The molecule has 0 bridgehead atoms. The predicted octanol–water partition coefficient (Wildman–Crippen LogP) is 1.73. The van der Waals surface area contributed by atoms with Crippen LogP contribution in [0.15, 0.2) is 18.2 Å². The lowest BCUT2D eigenvalue weighted by atomic mass is 10.1. The number of hydrogen-bond donors (Lipinski definition) is 2. The normalized spacial score (nSPS) is 11.2. The van der Waals surface area contributed by atoms with Gasteiger partial charge in [-0.2, -0.15) is 0 Å². The first-order valence-corrected chi connectivity index (χ1v) is 7.15. The number of nitro benzene ring substituents is 1. The van der Waals surface area contributed by atoms with Gasteiger partial charge in [0.25, 0.3) is 11.6 Å². The Balaban J connectivity index is 2.47. The van der Waals surface area contributed by atoms with Gasteiger partial charge < -0.3 is 10.6 Å². The maximum atomic E-state index is 11.9. The smallest absolute Gasteiger partial charge is 0.270 e. The molecule has 21 heavy (non-hydrogen) atoms. The largest absolute Gasteiger partial charge is 0.352 e. The van der Waals surface area contributed by atoms with Crippen LogP contribution in [0.4, 0.5) is 5.69 Å². The summed E-state index contributed by atoms with van der Waals surface area (Å²) in [6, 6.07) is 3.83. The molecule has 0 saturated carbocycles. The molecular weight excluding hydrogens is 294 g/mol. The van der Waals surface area contributed by atoms with Crippen molar-refractivity contribution in [2.45, 2.75) is 32.7 Å². The molecule has 0 fully saturated rings. The molecule has 0 spiro atoms. The number of nitro groups is 1. The standard InChI is InChI=1S/C14H20ClN3O3/c1-14(2,3)17-8-4-7-16-13(19)11-6-5-10(18(20)21)9-12(11)15/h5-6,9,17H,4,7-8H2,1-3H3,(H,16,19)/p+1. The van der Waals surface area contributed by atoms with Crippen molar-refractivity contribution in [2.24, 2.45) is 0 Å². The second kappa shape index (κ2) is 7.38. The topological polar surface area (TPSA) is 88.8 Å². The number of non-ortho nitro benzene ring substituents is 1. The molecule has 7 heteroatoms. The molecule has 0 radical (unpaired) electrons. The van der Waals surface area contributed by atoms with Crippen molar-refractivity contribution in [1.82, 2.24) is 5.32 Å². The zero-order valence-electron chi connectivity index (χ0n) is 12.5. The van der Waals surface area contributed by atoms with Gasteiger partial charge in [-0.15, -0.1) is 0 Å². The van der Waals surface area contributed by atoms with E-state index in [-0.39, 0.29) is 27.7 Å². The molecule has 0 unspecified atom stereocenters. The summed E-state index contributed by atoms with van der Waals surface area (Å²) in [6.45, 7) is 7.84. The second-order valence-corrected chi connectivity index (χ2v) is 6.30. The monoisotopic (exact) mass is 314 g/mol. The lowest BCUT2D eigenvalue weighted by Crippen LogP contribution is -2.94. The Bertz CT molecular complexity index is 527. The number of hydrogen-bond acceptors (Lipinski definition) is 3. The van der Waals surface area contributed by atoms with Crippen LogP contribution in [0, 0.1) is 10.1 Å². The van der Waals surface area contributed by atoms with E-state index in [4.69, 9.17) is 11.6 Å². The Morgan fingerprint density at radius 3 is 2.62 bits per heavy atom. The molecule has 0 aliphatic carbocycles. The van der Waals surface area contributed by atoms with Gasteiger partial charge in [0.2, 0.25) is 0 Å². The van der Waals surface area contributed by atoms with Crippen LogP contribution in [0.3, 0.4) is 0 Å². The van der Waals surface area contributed by atoms with Gasteiger partial charge in [0.05, 0.1) is 27.6 Å². The Kier molecular flexibility index (Phi) is 6.11. The van der Waals surface area contributed by atoms with Crippen molar-refractivity contribution in [3.05, 3.63) is 38.9 Å². The Hall–Kier alpha value is -1.66. The summed E-state index contributed by atoms with van der Waals surface area (Å²) in [7, 11) is 0. The fourth-order valence-electron chi connectivity index (χ4n) is 1.74. The van der Waals surface area contributed by atoms with Crippen LogP contribution >= 0.6 is 11.6 Å². The fraction of sp³-hybridized carbons (Fsp3) is 0.500. The van der Waals surface area contributed by atoms with E-state index in [2.05, 4.69) is 31.4 Å². The minimum atomic E-state index is -0.546. The first kappa shape index (κ1) is 17.4. The third kappa shape index (κ3) is 6.10. The molecular formula is C14H21ClN3O3+. The third-order valence-electron chi connectivity index (χ3n) is 2.83. The van der Waals surface area contributed by atoms with Crippen LogP contribution in [0.2, 0.25) is 5.02 Å². The zero-order chi connectivity index (χ0) is 16.0. The maximum absolute atomic E-state index is 11.9. The van der Waals surface area contributed by atoms with E-state index in [9.17, 15) is 14.9 Å². The number of amides is 1. The van der Waals surface area contributed by atoms with Crippen LogP contribution in [0.25, 0.3) is 0 Å². The van der Waals surface area contributed by atoms with Crippen molar-refractivity contribution >= 4 is 23.2 Å². The zero-order valence-corrected chi connectivity index (χ0v) is 13.2. The quantitative estimate of drug-likeness (QED) is 0.476. The fourth-order valence-corrected chi connectivity index (χ4v) is 2.00. The Morgan fingerprint density at radius 1 is 1.43 bits per heavy atom. The van der Waals surface area contributed by atoms with Crippen LogP contribution in [-0.4, -0.2) is 29.5 Å². The number of carbonyl (C=O) groups excluding carboxylic acids is 1. The molecule has 0 aliphatic heterocycles. The van der Waals surface area contributed by atoms with Gasteiger partial charge in [-0.1, -0.05) is 11.6 Å². The van der Waals surface area contributed by atoms with Gasteiger partial charge in [0.1, 0.15) is 0 Å². The molecule has 6 nitrogen and oxygen atoms in total. The summed E-state index contributed by atoms with van der Waals surface area (Å²) >= 11 is 5.90. The Labute approximate surface area is 129 Å². The molecule has 1 aromatic rings. The van der Waals surface area contributed by atoms with E-state index < -0.39 is 4.92 Å². The number of nitrogens with one attached hydrogen (secondary N) is 1. The highest BCUT2D eigenvalue weighted by atomic mass is 35.5. The number of nitrogens with two attached hydrogens (primary N) is 1. The first-order valence-electron chi connectivity index (χ1n) is 6.77. The highest BCUT2D eigenvalue weighted by Crippen LogP contribution is 2.22. The molecule has 0 atom stereocenters. The number of benzene rings is 1. The van der Waals surface area contributed by atoms with E-state index in [1.165, 1.54) is 18.2 Å². The van der Waals surface area contributed by atoms with Gasteiger partial charge in [-0.25, -0.2) is 0 Å². The van der Waals surface area contributed by atoms with Crippen LogP contribution in [-0.2, 0) is 0 Å². The lowest BCUT2D eigenvalue weighted by molar-refractivity contribution is -0.717. The summed E-state index contributed by atoms with van der Waals surface area (Å²) in [6.07, 6.45) is 0.841. The van der Waals surface area contributed by atoms with E-state index in [1.54, 1.807) is 0 Å². The first-order chi connectivity index (χ1) is 9.70. The van der Waals surface area contributed by atoms with E-state index >= 15 is 0 Å². The predicted molar refractivity (Wildman–Crippen MR) is 81.6 cm³/mol. The van der Waals surface area contributed by atoms with Crippen LogP contribution < -0.4 is 10.6 Å². The maximum Gasteiger partial charge on any atom is 0.270 e. The van der Waals surface area contributed by atoms with Gasteiger partial charge in [0, 0.05) is 25.1 Å². The minimum absolute atomic E-state index is 0.0861. The number of quaternary nitrogens is 1. The molecule has 0 saturated heterocycles. The van der Waals surface area contributed by atoms with Crippen molar-refractivity contribution in [2.75, 3.05) is 13.1 Å². The molecule has 0 aromatic heterocycles. The summed E-state index contributed by atoms with van der Waals surface area (Å²) in [4.78, 5) is 22.0. The van der Waals surface area contributed by atoms with Gasteiger partial charge in [-0.3, -0.25) is 14.9 Å². The summed E-state index contributed by atoms with van der Waals surface area (Å²) in [5.74, 6) is -0.314. The summed E-state index contributed by atoms with van der Waals surface area (Å²) in [5, 5.41) is 15.7. The van der Waals surface area contributed by atoms with E-state index in [0.717, 1.165) is 13.0 Å². The number of carbonyl (C=O) groups is 1. The molecule has 3 N–H and O–H groups in total. The van der Waals surface area contributed by atoms with Crippen molar-refractivity contribution in [1.29, 1.82) is 0 Å². The molecule has 1 rings (SSSR count). The average molecular weight is 315 g/mol. The lowest BCUT2D eigenvalue weighted by Gasteiger charge is -2.16. The molecule has 116 valence electrons. The average Bonchev–Trinajstić information content (AvgIpc) is 2.36. The number of halogens is 1. The van der Waals surface area contributed by atoms with Crippen LogP contribution in [0.1, 0.15) is 37.6 Å². The van der Waals surface area contributed by atoms with Crippen molar-refractivity contribution in [3.63, 3.8) is 0 Å². The van der Waals surface area contributed by atoms with E-state index in [0.29, 0.717) is 6.54 Å². The highest BCUT2D eigenvalue weighted by molar-refractivity contribution is 6.34. The van der Waals surface area contributed by atoms with Crippen molar-refractivity contribution < 1.29 is 15.0 Å². The van der Waals surface area contributed by atoms with Crippen molar-refractivity contribution in [3.8, 4) is 0 Å². The van der Waals surface area contributed by atoms with Gasteiger partial charge in [-0.05, 0) is 26.8 Å². The van der Waals surface area contributed by atoms with E-state index in [1.807, 2.05) is 0 Å². The number of rotatable bonds is 6. The van der Waals surface area contributed by atoms with Gasteiger partial charge in [0.15, 0.2) is 0 Å². The third-order valence-corrected chi connectivity index (χ3v) is 3.14. The number of nitrogens with zero attached hydrogens (tertiary/aromatic N) is 1. The second-order valence-electron chi connectivity index (χ2n) is 5.89.